The lowest BCUT2D eigenvalue weighted by Gasteiger charge is -2.30. The Bertz CT molecular complexity index is 493. The molecule has 1 aliphatic rings. The Hall–Kier alpha value is -0.460. The van der Waals surface area contributed by atoms with E-state index in [1.807, 2.05) is 0 Å². The number of hydrogen-bond acceptors (Lipinski definition) is 3. The largest absolute Gasteiger partial charge is 0.263 e. The van der Waals surface area contributed by atoms with Crippen molar-refractivity contribution in [2.75, 3.05) is 11.9 Å². The first kappa shape index (κ1) is 14.9. The number of rotatable bonds is 5. The van der Waals surface area contributed by atoms with E-state index in [9.17, 15) is 8.42 Å². The number of nitrogens with zero attached hydrogens (tertiary/aromatic N) is 1. The van der Waals surface area contributed by atoms with Crippen molar-refractivity contribution in [3.8, 4) is 0 Å². The molecule has 0 saturated heterocycles. The summed E-state index contributed by atoms with van der Waals surface area (Å²) in [4.78, 5) is 4.09. The minimum atomic E-state index is -3.42. The van der Waals surface area contributed by atoms with Crippen LogP contribution in [0.2, 0.25) is 0 Å². The minimum absolute atomic E-state index is 0.237. The van der Waals surface area contributed by atoms with Gasteiger partial charge in [-0.2, -0.15) is 0 Å². The first-order valence-electron chi connectivity index (χ1n) is 6.59. The summed E-state index contributed by atoms with van der Waals surface area (Å²) >= 11 is 3.53. The Balaban J connectivity index is 1.98. The second kappa shape index (κ2) is 6.81. The zero-order valence-corrected chi connectivity index (χ0v) is 13.2. The molecule has 0 radical (unpaired) electrons. The van der Waals surface area contributed by atoms with Gasteiger partial charge in [-0.1, -0.05) is 28.8 Å². The maximum absolute atomic E-state index is 12.1. The predicted octanol–water partition coefficient (Wildman–Crippen LogP) is 2.56. The van der Waals surface area contributed by atoms with Crippen LogP contribution in [0.4, 0.5) is 0 Å². The molecule has 19 heavy (non-hydrogen) atoms. The number of pyridine rings is 1. The average Bonchev–Trinajstić information content (AvgIpc) is 2.46. The summed E-state index contributed by atoms with van der Waals surface area (Å²) in [6, 6.07) is 3.20. The van der Waals surface area contributed by atoms with E-state index >= 15 is 0 Å². The molecular formula is C13H19BrN2O2S. The molecule has 1 aliphatic carbocycles. The van der Waals surface area contributed by atoms with Gasteiger partial charge in [0.2, 0.25) is 10.0 Å². The lowest BCUT2D eigenvalue weighted by atomic mass is 9.80. The van der Waals surface area contributed by atoms with Crippen molar-refractivity contribution in [2.24, 2.45) is 11.8 Å². The fourth-order valence-corrected chi connectivity index (χ4v) is 4.47. The highest BCUT2D eigenvalue weighted by Gasteiger charge is 2.25. The van der Waals surface area contributed by atoms with E-state index in [-0.39, 0.29) is 4.90 Å². The lowest BCUT2D eigenvalue weighted by molar-refractivity contribution is 0.263. The molecule has 106 valence electrons. The van der Waals surface area contributed by atoms with Crippen LogP contribution in [0.25, 0.3) is 0 Å². The van der Waals surface area contributed by atoms with Gasteiger partial charge >= 0.3 is 0 Å². The molecule has 0 amide bonds. The zero-order valence-electron chi connectivity index (χ0n) is 10.8. The SMILES string of the molecule is O=S(=O)(NCC1CCCCC1CBr)c1cccnc1. The van der Waals surface area contributed by atoms with Crippen molar-refractivity contribution in [1.29, 1.82) is 0 Å². The van der Waals surface area contributed by atoms with Crippen LogP contribution < -0.4 is 4.72 Å². The molecule has 0 bridgehead atoms. The van der Waals surface area contributed by atoms with E-state index in [0.717, 1.165) is 11.8 Å². The van der Waals surface area contributed by atoms with E-state index in [4.69, 9.17) is 0 Å². The highest BCUT2D eigenvalue weighted by molar-refractivity contribution is 9.09. The Morgan fingerprint density at radius 3 is 2.68 bits per heavy atom. The Labute approximate surface area is 123 Å². The third kappa shape index (κ3) is 4.00. The van der Waals surface area contributed by atoms with Gasteiger partial charge in [-0.25, -0.2) is 13.1 Å². The van der Waals surface area contributed by atoms with E-state index < -0.39 is 10.0 Å². The number of alkyl halides is 1. The Kier molecular flexibility index (Phi) is 5.36. The summed E-state index contributed by atoms with van der Waals surface area (Å²) in [7, 11) is -3.42. The fourth-order valence-electron chi connectivity index (χ4n) is 2.56. The summed E-state index contributed by atoms with van der Waals surface area (Å²) in [6.45, 7) is 0.521. The van der Waals surface area contributed by atoms with Gasteiger partial charge in [-0.15, -0.1) is 0 Å². The third-order valence-corrected chi connectivity index (χ3v) is 5.99. The molecule has 1 heterocycles. The van der Waals surface area contributed by atoms with Crippen molar-refractivity contribution < 1.29 is 8.42 Å². The van der Waals surface area contributed by atoms with Gasteiger partial charge in [-0.3, -0.25) is 4.98 Å². The van der Waals surface area contributed by atoms with E-state index in [1.54, 1.807) is 18.3 Å². The molecule has 2 unspecified atom stereocenters. The summed E-state index contributed by atoms with van der Waals surface area (Å²) in [5, 5.41) is 0.951. The van der Waals surface area contributed by atoms with Crippen LogP contribution in [0.5, 0.6) is 0 Å². The van der Waals surface area contributed by atoms with Gasteiger partial charge in [-0.05, 0) is 36.8 Å². The van der Waals surface area contributed by atoms with Crippen molar-refractivity contribution in [3.63, 3.8) is 0 Å². The van der Waals surface area contributed by atoms with Crippen LogP contribution in [-0.2, 0) is 10.0 Å². The van der Waals surface area contributed by atoms with Crippen LogP contribution in [-0.4, -0.2) is 25.3 Å². The summed E-state index contributed by atoms with van der Waals surface area (Å²) < 4.78 is 26.9. The number of halogens is 1. The Morgan fingerprint density at radius 1 is 1.32 bits per heavy atom. The van der Waals surface area contributed by atoms with Crippen LogP contribution in [0, 0.1) is 11.8 Å². The van der Waals surface area contributed by atoms with Gasteiger partial charge < -0.3 is 0 Å². The molecule has 4 nitrogen and oxygen atoms in total. The van der Waals surface area contributed by atoms with Crippen molar-refractivity contribution in [1.82, 2.24) is 9.71 Å². The minimum Gasteiger partial charge on any atom is -0.263 e. The zero-order chi connectivity index (χ0) is 13.7. The molecule has 0 aromatic carbocycles. The molecule has 1 aromatic heterocycles. The van der Waals surface area contributed by atoms with Gasteiger partial charge in [0.15, 0.2) is 0 Å². The van der Waals surface area contributed by atoms with Crippen LogP contribution in [0.15, 0.2) is 29.4 Å². The van der Waals surface area contributed by atoms with Gasteiger partial charge in [0.1, 0.15) is 4.90 Å². The monoisotopic (exact) mass is 346 g/mol. The first-order chi connectivity index (χ1) is 9.13. The smallest absolute Gasteiger partial charge is 0.242 e. The molecule has 0 spiro atoms. The van der Waals surface area contributed by atoms with Gasteiger partial charge in [0.05, 0.1) is 0 Å². The second-order valence-electron chi connectivity index (χ2n) is 5.00. The van der Waals surface area contributed by atoms with Crippen molar-refractivity contribution in [2.45, 2.75) is 30.6 Å². The number of aromatic nitrogens is 1. The van der Waals surface area contributed by atoms with E-state index in [0.29, 0.717) is 18.4 Å². The maximum Gasteiger partial charge on any atom is 0.242 e. The molecule has 2 rings (SSSR count). The number of sulfonamides is 1. The second-order valence-corrected chi connectivity index (χ2v) is 7.41. The quantitative estimate of drug-likeness (QED) is 0.833. The lowest BCUT2D eigenvalue weighted by Crippen LogP contribution is -2.34. The van der Waals surface area contributed by atoms with Gasteiger partial charge in [0, 0.05) is 24.3 Å². The van der Waals surface area contributed by atoms with Gasteiger partial charge in [0.25, 0.3) is 0 Å². The summed E-state index contributed by atoms with van der Waals surface area (Å²) in [6.07, 6.45) is 7.69. The fraction of sp³-hybridized carbons (Fsp3) is 0.615. The standard InChI is InChI=1S/C13H19BrN2O2S/c14-8-11-4-1-2-5-12(11)9-16-19(17,18)13-6-3-7-15-10-13/h3,6-7,10-12,16H,1-2,4-5,8-9H2. The van der Waals surface area contributed by atoms with Crippen molar-refractivity contribution in [3.05, 3.63) is 24.5 Å². The molecule has 2 atom stereocenters. The normalized spacial score (nSPS) is 24.3. The summed E-state index contributed by atoms with van der Waals surface area (Å²) in [5.41, 5.74) is 0. The molecule has 6 heteroatoms. The molecule has 0 aliphatic heterocycles. The third-order valence-electron chi connectivity index (χ3n) is 3.74. The maximum atomic E-state index is 12.1. The Morgan fingerprint density at radius 2 is 2.05 bits per heavy atom. The topological polar surface area (TPSA) is 59.1 Å². The van der Waals surface area contributed by atoms with Crippen LogP contribution in [0.1, 0.15) is 25.7 Å². The molecule has 1 N–H and O–H groups in total. The first-order valence-corrected chi connectivity index (χ1v) is 9.19. The molecule has 1 fully saturated rings. The van der Waals surface area contributed by atoms with Crippen LogP contribution in [0.3, 0.4) is 0 Å². The van der Waals surface area contributed by atoms with Crippen LogP contribution >= 0.6 is 15.9 Å². The number of nitrogens with one attached hydrogen (secondary N) is 1. The highest BCUT2D eigenvalue weighted by atomic mass is 79.9. The molecular weight excluding hydrogens is 328 g/mol. The van der Waals surface area contributed by atoms with E-state index in [2.05, 4.69) is 25.6 Å². The van der Waals surface area contributed by atoms with E-state index in [1.165, 1.54) is 25.5 Å². The van der Waals surface area contributed by atoms with Crippen molar-refractivity contribution >= 4 is 26.0 Å². The molecule has 1 aromatic rings. The molecule has 1 saturated carbocycles. The summed E-state index contributed by atoms with van der Waals surface area (Å²) in [5.74, 6) is 1.00. The predicted molar refractivity (Wildman–Crippen MR) is 78.7 cm³/mol. The average molecular weight is 347 g/mol. The number of hydrogen-bond donors (Lipinski definition) is 1. The highest BCUT2D eigenvalue weighted by Crippen LogP contribution is 2.31.